The van der Waals surface area contributed by atoms with Gasteiger partial charge in [0.1, 0.15) is 16.8 Å². The third-order valence-corrected chi connectivity index (χ3v) is 7.53. The number of nitrogens with zero attached hydrogens (tertiary/aromatic N) is 1. The third-order valence-electron chi connectivity index (χ3n) is 6.80. The SMILES string of the molecule is COC(=O)C1=C(N)N(c2cccc(Cl)c2)C2=C(C(=O)CC(C)(C)C2)C12C(=O)Nc1ccc(Br)cc12. The van der Waals surface area contributed by atoms with Crippen LogP contribution in [-0.4, -0.2) is 24.8 Å². The zero-order valence-corrected chi connectivity index (χ0v) is 21.7. The fourth-order valence-corrected chi connectivity index (χ4v) is 6.06. The van der Waals surface area contributed by atoms with E-state index >= 15 is 0 Å². The minimum Gasteiger partial charge on any atom is -0.466 e. The smallest absolute Gasteiger partial charge is 0.339 e. The van der Waals surface area contributed by atoms with Crippen molar-refractivity contribution in [2.45, 2.75) is 32.1 Å². The Morgan fingerprint density at radius 1 is 1.17 bits per heavy atom. The summed E-state index contributed by atoms with van der Waals surface area (Å²) in [6, 6.07) is 12.2. The first-order chi connectivity index (χ1) is 16.5. The number of rotatable bonds is 2. The van der Waals surface area contributed by atoms with Crippen molar-refractivity contribution in [1.29, 1.82) is 0 Å². The number of fused-ring (bicyclic) bond motifs is 3. The Morgan fingerprint density at radius 2 is 1.91 bits per heavy atom. The van der Waals surface area contributed by atoms with Crippen molar-refractivity contribution < 1.29 is 19.1 Å². The predicted octanol–water partition coefficient (Wildman–Crippen LogP) is 4.80. The number of allylic oxidation sites excluding steroid dienone is 1. The number of anilines is 2. The highest BCUT2D eigenvalue weighted by atomic mass is 79.9. The number of hydrogen-bond acceptors (Lipinski definition) is 6. The molecule has 2 heterocycles. The molecule has 2 aliphatic heterocycles. The first-order valence-electron chi connectivity index (χ1n) is 11.0. The van der Waals surface area contributed by atoms with Crippen molar-refractivity contribution in [3.8, 4) is 0 Å². The molecule has 35 heavy (non-hydrogen) atoms. The highest BCUT2D eigenvalue weighted by Gasteiger charge is 2.63. The minimum atomic E-state index is -1.74. The Bertz CT molecular complexity index is 1400. The maximum atomic E-state index is 13.9. The summed E-state index contributed by atoms with van der Waals surface area (Å²) in [7, 11) is 1.23. The number of halogens is 2. The number of hydrogen-bond donors (Lipinski definition) is 2. The summed E-state index contributed by atoms with van der Waals surface area (Å²) in [5.74, 6) is -1.51. The monoisotopic (exact) mass is 555 g/mol. The molecule has 0 saturated carbocycles. The summed E-state index contributed by atoms with van der Waals surface area (Å²) in [6.45, 7) is 3.99. The Hall–Kier alpha value is -3.10. The molecule has 1 amide bonds. The molecule has 0 fully saturated rings. The van der Waals surface area contributed by atoms with Gasteiger partial charge in [-0.25, -0.2) is 4.79 Å². The van der Waals surface area contributed by atoms with Gasteiger partial charge in [0.15, 0.2) is 5.78 Å². The van der Waals surface area contributed by atoms with E-state index in [2.05, 4.69) is 21.2 Å². The van der Waals surface area contributed by atoms with Crippen LogP contribution in [0.15, 0.2) is 69.6 Å². The summed E-state index contributed by atoms with van der Waals surface area (Å²) >= 11 is 9.77. The van der Waals surface area contributed by atoms with Crippen LogP contribution >= 0.6 is 27.5 Å². The van der Waals surface area contributed by atoms with Gasteiger partial charge in [-0.2, -0.15) is 0 Å². The molecule has 0 saturated heterocycles. The van der Waals surface area contributed by atoms with Gasteiger partial charge in [-0.3, -0.25) is 14.5 Å². The Labute approximate surface area is 216 Å². The average molecular weight is 557 g/mol. The zero-order chi connectivity index (χ0) is 25.3. The van der Waals surface area contributed by atoms with Crippen molar-refractivity contribution in [2.24, 2.45) is 11.1 Å². The van der Waals surface area contributed by atoms with Gasteiger partial charge in [-0.1, -0.05) is 47.4 Å². The second-order valence-corrected chi connectivity index (χ2v) is 11.1. The van der Waals surface area contributed by atoms with E-state index in [0.717, 1.165) is 0 Å². The molecule has 2 aromatic carbocycles. The fraction of sp³-hybridized carbons (Fsp3) is 0.269. The highest BCUT2D eigenvalue weighted by molar-refractivity contribution is 9.10. The second kappa shape index (κ2) is 7.96. The molecule has 1 aliphatic carbocycles. The number of amides is 1. The van der Waals surface area contributed by atoms with Gasteiger partial charge in [0, 0.05) is 44.1 Å². The third kappa shape index (κ3) is 3.34. The van der Waals surface area contributed by atoms with Gasteiger partial charge in [-0.15, -0.1) is 0 Å². The van der Waals surface area contributed by atoms with Crippen molar-refractivity contribution >= 4 is 56.6 Å². The van der Waals surface area contributed by atoms with Gasteiger partial charge in [-0.05, 0) is 48.2 Å². The molecule has 9 heteroatoms. The van der Waals surface area contributed by atoms with Gasteiger partial charge in [0.2, 0.25) is 5.91 Å². The van der Waals surface area contributed by atoms with Crippen LogP contribution in [0.4, 0.5) is 11.4 Å². The molecule has 3 N–H and O–H groups in total. The first-order valence-corrected chi connectivity index (χ1v) is 12.2. The van der Waals surface area contributed by atoms with Crippen LogP contribution in [0.2, 0.25) is 5.02 Å². The number of nitrogens with two attached hydrogens (primary N) is 1. The van der Waals surface area contributed by atoms with Crippen molar-refractivity contribution in [3.05, 3.63) is 80.2 Å². The van der Waals surface area contributed by atoms with Crippen molar-refractivity contribution in [2.75, 3.05) is 17.3 Å². The quantitative estimate of drug-likeness (QED) is 0.516. The number of methoxy groups -OCH3 is 1. The van der Waals surface area contributed by atoms with Crippen LogP contribution in [0.25, 0.3) is 0 Å². The first kappa shape index (κ1) is 23.6. The number of ether oxygens (including phenoxy) is 1. The molecule has 0 bridgehead atoms. The molecule has 1 atom stereocenters. The van der Waals surface area contributed by atoms with E-state index in [1.165, 1.54) is 7.11 Å². The number of esters is 1. The molecule has 3 aliphatic rings. The van der Waals surface area contributed by atoms with Crippen LogP contribution in [0.5, 0.6) is 0 Å². The minimum absolute atomic E-state index is 0.0198. The van der Waals surface area contributed by atoms with E-state index in [4.69, 9.17) is 22.1 Å². The topological polar surface area (TPSA) is 102 Å². The van der Waals surface area contributed by atoms with E-state index in [0.29, 0.717) is 38.6 Å². The van der Waals surface area contributed by atoms with E-state index in [-0.39, 0.29) is 29.2 Å². The normalized spacial score (nSPS) is 22.8. The predicted molar refractivity (Wildman–Crippen MR) is 137 cm³/mol. The molecule has 1 spiro atoms. The van der Waals surface area contributed by atoms with Crippen molar-refractivity contribution in [3.63, 3.8) is 0 Å². The number of ketones is 1. The van der Waals surface area contributed by atoms with Crippen LogP contribution in [-0.2, 0) is 24.5 Å². The molecule has 0 radical (unpaired) electrons. The number of benzene rings is 2. The van der Waals surface area contributed by atoms with Crippen molar-refractivity contribution in [1.82, 2.24) is 0 Å². The standard InChI is InChI=1S/C26H23BrClN3O4/c1-25(2)11-18-20(19(32)12-25)26(16-9-13(27)7-8-17(16)30-24(26)34)21(23(33)35-3)22(29)31(18)15-6-4-5-14(28)10-15/h4-10H,11-12,29H2,1-3H3,(H,30,34). The van der Waals surface area contributed by atoms with E-state index in [9.17, 15) is 14.4 Å². The maximum absolute atomic E-state index is 13.9. The van der Waals surface area contributed by atoms with E-state index in [1.54, 1.807) is 47.4 Å². The fourth-order valence-electron chi connectivity index (χ4n) is 5.52. The molecular formula is C26H23BrClN3O4. The van der Waals surface area contributed by atoms with Gasteiger partial charge in [0.25, 0.3) is 0 Å². The summed E-state index contributed by atoms with van der Waals surface area (Å²) in [4.78, 5) is 42.9. The van der Waals surface area contributed by atoms with Crippen LogP contribution in [0.3, 0.4) is 0 Å². The van der Waals surface area contributed by atoms with E-state index < -0.39 is 22.7 Å². The summed E-state index contributed by atoms with van der Waals surface area (Å²) in [6.07, 6.45) is 0.663. The lowest BCUT2D eigenvalue weighted by atomic mass is 9.60. The van der Waals surface area contributed by atoms with Crippen LogP contribution < -0.4 is 16.0 Å². The van der Waals surface area contributed by atoms with Gasteiger partial charge in [0.05, 0.1) is 7.11 Å². The zero-order valence-electron chi connectivity index (χ0n) is 19.4. The van der Waals surface area contributed by atoms with Crippen LogP contribution in [0, 0.1) is 5.41 Å². The molecule has 7 nitrogen and oxygen atoms in total. The Kier molecular flexibility index (Phi) is 5.38. The molecule has 5 rings (SSSR count). The molecule has 180 valence electrons. The van der Waals surface area contributed by atoms with Crippen LogP contribution in [0.1, 0.15) is 32.3 Å². The Morgan fingerprint density at radius 3 is 2.60 bits per heavy atom. The summed E-state index contributed by atoms with van der Waals surface area (Å²) in [5.41, 5.74) is 6.90. The molecular weight excluding hydrogens is 534 g/mol. The average Bonchev–Trinajstić information content (AvgIpc) is 3.04. The second-order valence-electron chi connectivity index (χ2n) is 9.72. The van der Waals surface area contributed by atoms with E-state index in [1.807, 2.05) is 13.8 Å². The number of carbonyl (C=O) groups excluding carboxylic acids is 3. The molecule has 2 aromatic rings. The maximum Gasteiger partial charge on any atom is 0.339 e. The lowest BCUT2D eigenvalue weighted by molar-refractivity contribution is -0.138. The molecule has 0 aromatic heterocycles. The largest absolute Gasteiger partial charge is 0.466 e. The Balaban J connectivity index is 1.94. The number of carbonyl (C=O) groups is 3. The van der Waals surface area contributed by atoms with Gasteiger partial charge < -0.3 is 15.8 Å². The summed E-state index contributed by atoms with van der Waals surface area (Å²) < 4.78 is 5.84. The number of nitrogens with one attached hydrogen (secondary N) is 1. The van der Waals surface area contributed by atoms with Gasteiger partial charge >= 0.3 is 5.97 Å². The molecule has 1 unspecified atom stereocenters. The number of Topliss-reactive ketones (excluding diaryl/α,β-unsaturated/α-hetero) is 1. The summed E-state index contributed by atoms with van der Waals surface area (Å²) in [5, 5.41) is 3.33. The lowest BCUT2D eigenvalue weighted by Gasteiger charge is -2.47. The lowest BCUT2D eigenvalue weighted by Crippen LogP contribution is -2.54. The highest BCUT2D eigenvalue weighted by Crippen LogP contribution is 2.57.